The standard InChI is InChI=1S/C20H23N5O/c1-20(2,3)25-16(12-15-6-4-5-11-23-15)17(19(22)26)18(24-25)13-7-9-14(21)10-8-13/h4-11H,12,21H2,1-3H3,(H2,22,26). The van der Waals surface area contributed by atoms with E-state index in [4.69, 9.17) is 16.6 Å². The van der Waals surface area contributed by atoms with Gasteiger partial charge in [-0.05, 0) is 45.0 Å². The van der Waals surface area contributed by atoms with E-state index in [2.05, 4.69) is 4.98 Å². The van der Waals surface area contributed by atoms with Crippen LogP contribution in [0.15, 0.2) is 48.7 Å². The number of pyridine rings is 1. The fraction of sp³-hybridized carbons (Fsp3) is 0.250. The number of primary amides is 1. The van der Waals surface area contributed by atoms with Gasteiger partial charge in [-0.25, -0.2) is 0 Å². The summed E-state index contributed by atoms with van der Waals surface area (Å²) < 4.78 is 1.87. The topological polar surface area (TPSA) is 99.8 Å². The number of carbonyl (C=O) groups is 1. The third-order valence-corrected chi connectivity index (χ3v) is 4.12. The molecule has 3 rings (SSSR count). The van der Waals surface area contributed by atoms with E-state index in [0.29, 0.717) is 23.4 Å². The van der Waals surface area contributed by atoms with Crippen molar-refractivity contribution in [2.24, 2.45) is 5.73 Å². The lowest BCUT2D eigenvalue weighted by Crippen LogP contribution is -2.26. The minimum absolute atomic E-state index is 0.319. The van der Waals surface area contributed by atoms with Crippen molar-refractivity contribution in [3.05, 3.63) is 65.6 Å². The van der Waals surface area contributed by atoms with Gasteiger partial charge in [0, 0.05) is 29.6 Å². The zero-order valence-electron chi connectivity index (χ0n) is 15.2. The van der Waals surface area contributed by atoms with E-state index in [0.717, 1.165) is 17.0 Å². The van der Waals surface area contributed by atoms with Crippen LogP contribution >= 0.6 is 0 Å². The van der Waals surface area contributed by atoms with Crippen LogP contribution in [-0.4, -0.2) is 20.7 Å². The zero-order chi connectivity index (χ0) is 18.9. The molecule has 1 aromatic carbocycles. The molecule has 0 atom stereocenters. The summed E-state index contributed by atoms with van der Waals surface area (Å²) in [7, 11) is 0. The molecule has 6 heteroatoms. The number of nitrogens with two attached hydrogens (primary N) is 2. The maximum absolute atomic E-state index is 12.3. The average Bonchev–Trinajstić information content (AvgIpc) is 2.96. The van der Waals surface area contributed by atoms with Crippen molar-refractivity contribution < 1.29 is 4.79 Å². The molecule has 0 radical (unpaired) electrons. The Morgan fingerprint density at radius 1 is 1.12 bits per heavy atom. The zero-order valence-corrected chi connectivity index (χ0v) is 15.2. The van der Waals surface area contributed by atoms with Crippen molar-refractivity contribution in [2.75, 3.05) is 5.73 Å². The van der Waals surface area contributed by atoms with Gasteiger partial charge in [0.2, 0.25) is 0 Å². The van der Waals surface area contributed by atoms with Crippen molar-refractivity contribution in [3.8, 4) is 11.3 Å². The molecule has 0 spiro atoms. The van der Waals surface area contributed by atoms with Crippen LogP contribution < -0.4 is 11.5 Å². The molecule has 2 heterocycles. The van der Waals surface area contributed by atoms with Crippen molar-refractivity contribution in [3.63, 3.8) is 0 Å². The highest BCUT2D eigenvalue weighted by Gasteiger charge is 2.28. The number of hydrogen-bond donors (Lipinski definition) is 2. The van der Waals surface area contributed by atoms with E-state index in [1.165, 1.54) is 0 Å². The van der Waals surface area contributed by atoms with Crippen LogP contribution in [0, 0.1) is 0 Å². The Labute approximate surface area is 152 Å². The van der Waals surface area contributed by atoms with Crippen LogP contribution in [0.1, 0.15) is 42.5 Å². The number of aromatic nitrogens is 3. The fourth-order valence-electron chi connectivity index (χ4n) is 2.95. The number of nitrogens with zero attached hydrogens (tertiary/aromatic N) is 3. The third-order valence-electron chi connectivity index (χ3n) is 4.12. The Morgan fingerprint density at radius 2 is 1.81 bits per heavy atom. The largest absolute Gasteiger partial charge is 0.399 e. The SMILES string of the molecule is CC(C)(C)n1nc(-c2ccc(N)cc2)c(C(N)=O)c1Cc1ccccn1. The summed E-state index contributed by atoms with van der Waals surface area (Å²) in [5, 5.41) is 4.75. The van der Waals surface area contributed by atoms with Crippen LogP contribution in [0.5, 0.6) is 0 Å². The maximum atomic E-state index is 12.3. The Balaban J connectivity index is 2.23. The van der Waals surface area contributed by atoms with Gasteiger partial charge in [-0.1, -0.05) is 18.2 Å². The van der Waals surface area contributed by atoms with E-state index in [1.807, 2.05) is 55.8 Å². The molecule has 0 fully saturated rings. The predicted octanol–water partition coefficient (Wildman–Crippen LogP) is 2.97. The van der Waals surface area contributed by atoms with E-state index in [1.54, 1.807) is 18.3 Å². The second-order valence-electron chi connectivity index (χ2n) is 7.24. The van der Waals surface area contributed by atoms with Gasteiger partial charge in [-0.3, -0.25) is 14.5 Å². The Hall–Kier alpha value is -3.15. The molecule has 4 N–H and O–H groups in total. The van der Waals surface area contributed by atoms with Crippen LogP contribution in [0.2, 0.25) is 0 Å². The summed E-state index contributed by atoms with van der Waals surface area (Å²) in [5.74, 6) is -0.502. The molecular weight excluding hydrogens is 326 g/mol. The molecule has 0 saturated heterocycles. The molecule has 0 aliphatic carbocycles. The molecule has 134 valence electrons. The Morgan fingerprint density at radius 3 is 2.35 bits per heavy atom. The monoisotopic (exact) mass is 349 g/mol. The van der Waals surface area contributed by atoms with Gasteiger partial charge < -0.3 is 11.5 Å². The normalized spacial score (nSPS) is 11.5. The number of hydrogen-bond acceptors (Lipinski definition) is 4. The predicted molar refractivity (Wildman–Crippen MR) is 103 cm³/mol. The molecule has 6 nitrogen and oxygen atoms in total. The summed E-state index contributed by atoms with van der Waals surface area (Å²) in [5.41, 5.74) is 15.3. The summed E-state index contributed by atoms with van der Waals surface area (Å²) >= 11 is 0. The smallest absolute Gasteiger partial charge is 0.252 e. The molecular formula is C20H23N5O. The summed E-state index contributed by atoms with van der Waals surface area (Å²) in [6.45, 7) is 6.12. The number of anilines is 1. The van der Waals surface area contributed by atoms with Crippen molar-refractivity contribution in [1.29, 1.82) is 0 Å². The van der Waals surface area contributed by atoms with E-state index >= 15 is 0 Å². The van der Waals surface area contributed by atoms with Crippen LogP contribution in [0.25, 0.3) is 11.3 Å². The Bertz CT molecular complexity index is 921. The fourth-order valence-corrected chi connectivity index (χ4v) is 2.95. The van der Waals surface area contributed by atoms with E-state index in [9.17, 15) is 4.79 Å². The van der Waals surface area contributed by atoms with Crippen LogP contribution in [0.4, 0.5) is 5.69 Å². The molecule has 3 aromatic rings. The molecule has 0 unspecified atom stereocenters. The Kier molecular flexibility index (Phi) is 4.50. The van der Waals surface area contributed by atoms with Gasteiger partial charge in [-0.2, -0.15) is 5.10 Å². The minimum atomic E-state index is -0.502. The van der Waals surface area contributed by atoms with Gasteiger partial charge in [-0.15, -0.1) is 0 Å². The second kappa shape index (κ2) is 6.63. The number of carbonyl (C=O) groups excluding carboxylic acids is 1. The van der Waals surface area contributed by atoms with E-state index < -0.39 is 5.91 Å². The van der Waals surface area contributed by atoms with Crippen molar-refractivity contribution in [2.45, 2.75) is 32.7 Å². The lowest BCUT2D eigenvalue weighted by molar-refractivity contribution is 0.1000. The lowest BCUT2D eigenvalue weighted by Gasteiger charge is -2.22. The van der Waals surface area contributed by atoms with Gasteiger partial charge in [0.05, 0.1) is 16.8 Å². The van der Waals surface area contributed by atoms with Crippen molar-refractivity contribution >= 4 is 11.6 Å². The number of rotatable bonds is 4. The van der Waals surface area contributed by atoms with Gasteiger partial charge in [0.1, 0.15) is 5.69 Å². The molecule has 0 aliphatic rings. The third kappa shape index (κ3) is 3.44. The quantitative estimate of drug-likeness (QED) is 0.707. The van der Waals surface area contributed by atoms with Crippen molar-refractivity contribution in [1.82, 2.24) is 14.8 Å². The van der Waals surface area contributed by atoms with E-state index in [-0.39, 0.29) is 5.54 Å². The first-order valence-electron chi connectivity index (χ1n) is 8.45. The highest BCUT2D eigenvalue weighted by molar-refractivity contribution is 6.00. The lowest BCUT2D eigenvalue weighted by atomic mass is 10.0. The van der Waals surface area contributed by atoms with Gasteiger partial charge in [0.25, 0.3) is 5.91 Å². The first-order chi connectivity index (χ1) is 12.3. The highest BCUT2D eigenvalue weighted by Crippen LogP contribution is 2.30. The number of nitrogen functional groups attached to an aromatic ring is 1. The van der Waals surface area contributed by atoms with Crippen LogP contribution in [-0.2, 0) is 12.0 Å². The molecule has 0 aliphatic heterocycles. The molecule has 0 saturated carbocycles. The number of benzene rings is 1. The molecule has 0 bridgehead atoms. The first-order valence-corrected chi connectivity index (χ1v) is 8.45. The minimum Gasteiger partial charge on any atom is -0.399 e. The summed E-state index contributed by atoms with van der Waals surface area (Å²) in [6, 6.07) is 13.0. The average molecular weight is 349 g/mol. The molecule has 2 aromatic heterocycles. The van der Waals surface area contributed by atoms with Crippen LogP contribution in [0.3, 0.4) is 0 Å². The van der Waals surface area contributed by atoms with Gasteiger partial charge in [0.15, 0.2) is 0 Å². The first kappa shape index (κ1) is 17.7. The second-order valence-corrected chi connectivity index (χ2v) is 7.24. The summed E-state index contributed by atoms with van der Waals surface area (Å²) in [6.07, 6.45) is 2.20. The van der Waals surface area contributed by atoms with Gasteiger partial charge >= 0.3 is 0 Å². The summed E-state index contributed by atoms with van der Waals surface area (Å²) in [4.78, 5) is 16.7. The number of amides is 1. The molecule has 1 amide bonds. The highest BCUT2D eigenvalue weighted by atomic mass is 16.1. The molecule has 26 heavy (non-hydrogen) atoms. The maximum Gasteiger partial charge on any atom is 0.252 e.